The first kappa shape index (κ1) is 13.6. The van der Waals surface area contributed by atoms with Gasteiger partial charge in [0.2, 0.25) is 0 Å². The largest absolute Gasteiger partial charge is 0.337 e. The van der Waals surface area contributed by atoms with Crippen LogP contribution in [0.3, 0.4) is 0 Å². The molecule has 1 heterocycles. The van der Waals surface area contributed by atoms with Gasteiger partial charge in [0.1, 0.15) is 0 Å². The number of hydrogen-bond acceptors (Lipinski definition) is 2. The maximum atomic E-state index is 4.06. The van der Waals surface area contributed by atoms with Gasteiger partial charge in [-0.1, -0.05) is 19.8 Å². The van der Waals surface area contributed by atoms with Crippen molar-refractivity contribution >= 4 is 0 Å². The maximum Gasteiger partial charge on any atom is 0.0945 e. The second-order valence-corrected chi connectivity index (χ2v) is 5.61. The highest BCUT2D eigenvalue weighted by atomic mass is 15.0. The molecule has 18 heavy (non-hydrogen) atoms. The van der Waals surface area contributed by atoms with Crippen LogP contribution >= 0.6 is 0 Å². The molecular weight excluding hydrogens is 222 g/mol. The van der Waals surface area contributed by atoms with Crippen molar-refractivity contribution in [3.8, 4) is 0 Å². The van der Waals surface area contributed by atoms with Crippen LogP contribution in [0.5, 0.6) is 0 Å². The summed E-state index contributed by atoms with van der Waals surface area (Å²) in [5.41, 5.74) is 0. The number of hydrogen-bond donors (Lipinski definition) is 1. The third-order valence-corrected chi connectivity index (χ3v) is 4.13. The van der Waals surface area contributed by atoms with E-state index in [-0.39, 0.29) is 0 Å². The van der Waals surface area contributed by atoms with Crippen molar-refractivity contribution in [1.82, 2.24) is 14.9 Å². The zero-order valence-corrected chi connectivity index (χ0v) is 11.6. The van der Waals surface area contributed by atoms with Gasteiger partial charge in [-0.15, -0.1) is 0 Å². The van der Waals surface area contributed by atoms with Gasteiger partial charge in [0.05, 0.1) is 6.33 Å². The molecule has 3 heteroatoms. The quantitative estimate of drug-likeness (QED) is 0.752. The number of aromatic nitrogens is 2. The second-order valence-electron chi connectivity index (χ2n) is 5.61. The zero-order chi connectivity index (χ0) is 12.6. The lowest BCUT2D eigenvalue weighted by molar-refractivity contribution is 0.277. The van der Waals surface area contributed by atoms with Crippen molar-refractivity contribution in [3.63, 3.8) is 0 Å². The van der Waals surface area contributed by atoms with Crippen molar-refractivity contribution in [2.45, 2.75) is 64.5 Å². The molecule has 0 bridgehead atoms. The van der Waals surface area contributed by atoms with Crippen molar-refractivity contribution in [1.29, 1.82) is 0 Å². The molecule has 0 amide bonds. The molecule has 1 saturated carbocycles. The van der Waals surface area contributed by atoms with Crippen LogP contribution in [0.25, 0.3) is 0 Å². The lowest BCUT2D eigenvalue weighted by Crippen LogP contribution is -2.34. The number of imidazole rings is 1. The topological polar surface area (TPSA) is 29.9 Å². The predicted molar refractivity (Wildman–Crippen MR) is 75.5 cm³/mol. The van der Waals surface area contributed by atoms with Crippen molar-refractivity contribution in [2.24, 2.45) is 5.92 Å². The van der Waals surface area contributed by atoms with E-state index in [0.29, 0.717) is 0 Å². The maximum absolute atomic E-state index is 4.06. The molecule has 0 unspecified atom stereocenters. The van der Waals surface area contributed by atoms with E-state index in [9.17, 15) is 0 Å². The summed E-state index contributed by atoms with van der Waals surface area (Å²) in [6.07, 6.45) is 15.4. The minimum atomic E-state index is 0.779. The molecule has 1 aromatic heterocycles. The fraction of sp³-hybridized carbons (Fsp3) is 0.800. The number of rotatable bonds is 7. The minimum Gasteiger partial charge on any atom is -0.337 e. The molecule has 102 valence electrons. The van der Waals surface area contributed by atoms with E-state index in [1.807, 2.05) is 18.7 Å². The van der Waals surface area contributed by atoms with E-state index in [4.69, 9.17) is 0 Å². The van der Waals surface area contributed by atoms with Crippen molar-refractivity contribution in [2.75, 3.05) is 6.54 Å². The molecule has 0 aromatic carbocycles. The molecule has 1 aliphatic rings. The van der Waals surface area contributed by atoms with Gasteiger partial charge in [-0.2, -0.15) is 0 Å². The smallest absolute Gasteiger partial charge is 0.0945 e. The van der Waals surface area contributed by atoms with E-state index in [1.54, 1.807) is 0 Å². The number of nitrogens with zero attached hydrogens (tertiary/aromatic N) is 2. The Morgan fingerprint density at radius 1 is 1.28 bits per heavy atom. The molecular formula is C15H27N3. The SMILES string of the molecule is CCCC1CCC(NCCCn2ccnc2)CC1. The van der Waals surface area contributed by atoms with Crippen LogP contribution in [0.4, 0.5) is 0 Å². The van der Waals surface area contributed by atoms with Gasteiger partial charge in [0, 0.05) is 25.0 Å². The second kappa shape index (κ2) is 7.57. The van der Waals surface area contributed by atoms with Gasteiger partial charge in [-0.05, 0) is 44.6 Å². The standard InChI is InChI=1S/C15H27N3/c1-2-4-14-5-7-15(8-6-14)17-9-3-11-18-12-10-16-13-18/h10,12-15,17H,2-9,11H2,1H3. The van der Waals surface area contributed by atoms with Crippen LogP contribution in [-0.4, -0.2) is 22.1 Å². The van der Waals surface area contributed by atoms with Crippen LogP contribution in [0.2, 0.25) is 0 Å². The Balaban J connectivity index is 1.53. The van der Waals surface area contributed by atoms with Gasteiger partial charge in [0.15, 0.2) is 0 Å². The van der Waals surface area contributed by atoms with Gasteiger partial charge < -0.3 is 9.88 Å². The Bertz CT molecular complexity index is 300. The van der Waals surface area contributed by atoms with Crippen LogP contribution in [0.15, 0.2) is 18.7 Å². The Morgan fingerprint density at radius 3 is 2.78 bits per heavy atom. The highest BCUT2D eigenvalue weighted by Crippen LogP contribution is 2.27. The highest BCUT2D eigenvalue weighted by Gasteiger charge is 2.19. The Hall–Kier alpha value is -0.830. The number of aryl methyl sites for hydroxylation is 1. The molecule has 1 aliphatic carbocycles. The van der Waals surface area contributed by atoms with E-state index in [0.717, 1.165) is 25.0 Å². The van der Waals surface area contributed by atoms with Crippen LogP contribution in [0.1, 0.15) is 51.9 Å². The van der Waals surface area contributed by atoms with Crippen molar-refractivity contribution in [3.05, 3.63) is 18.7 Å². The fourth-order valence-corrected chi connectivity index (χ4v) is 3.05. The van der Waals surface area contributed by atoms with Gasteiger partial charge in [-0.3, -0.25) is 0 Å². The molecule has 1 aromatic rings. The summed E-state index contributed by atoms with van der Waals surface area (Å²) in [7, 11) is 0. The van der Waals surface area contributed by atoms with Gasteiger partial charge in [-0.25, -0.2) is 4.98 Å². The summed E-state index contributed by atoms with van der Waals surface area (Å²) in [4.78, 5) is 4.06. The predicted octanol–water partition coefficient (Wildman–Crippen LogP) is 3.22. The lowest BCUT2D eigenvalue weighted by Gasteiger charge is -2.29. The molecule has 1 N–H and O–H groups in total. The van der Waals surface area contributed by atoms with Gasteiger partial charge >= 0.3 is 0 Å². The van der Waals surface area contributed by atoms with Gasteiger partial charge in [0.25, 0.3) is 0 Å². The highest BCUT2D eigenvalue weighted by molar-refractivity contribution is 4.77. The third kappa shape index (κ3) is 4.45. The average Bonchev–Trinajstić information content (AvgIpc) is 2.90. The molecule has 0 atom stereocenters. The minimum absolute atomic E-state index is 0.779. The van der Waals surface area contributed by atoms with Crippen LogP contribution < -0.4 is 5.32 Å². The van der Waals surface area contributed by atoms with E-state index >= 15 is 0 Å². The first-order valence-corrected chi connectivity index (χ1v) is 7.57. The summed E-state index contributed by atoms with van der Waals surface area (Å²) in [6, 6.07) is 0.779. The van der Waals surface area contributed by atoms with Crippen LogP contribution in [-0.2, 0) is 6.54 Å². The van der Waals surface area contributed by atoms with E-state index in [1.165, 1.54) is 44.9 Å². The van der Waals surface area contributed by atoms with Crippen molar-refractivity contribution < 1.29 is 0 Å². The fourth-order valence-electron chi connectivity index (χ4n) is 3.05. The lowest BCUT2D eigenvalue weighted by atomic mass is 9.83. The first-order valence-electron chi connectivity index (χ1n) is 7.57. The molecule has 1 fully saturated rings. The van der Waals surface area contributed by atoms with Crippen LogP contribution in [0, 0.1) is 5.92 Å². The molecule has 2 rings (SSSR count). The summed E-state index contributed by atoms with van der Waals surface area (Å²) in [5.74, 6) is 1.01. The average molecular weight is 249 g/mol. The van der Waals surface area contributed by atoms with E-state index < -0.39 is 0 Å². The summed E-state index contributed by atoms with van der Waals surface area (Å²) < 4.78 is 2.15. The number of nitrogens with one attached hydrogen (secondary N) is 1. The first-order chi connectivity index (χ1) is 8.88. The molecule has 0 spiro atoms. The summed E-state index contributed by atoms with van der Waals surface area (Å²) >= 11 is 0. The Labute approximate surface area is 111 Å². The Kier molecular flexibility index (Phi) is 5.72. The normalized spacial score (nSPS) is 24.3. The molecule has 3 nitrogen and oxygen atoms in total. The molecule has 0 saturated heterocycles. The Morgan fingerprint density at radius 2 is 2.11 bits per heavy atom. The summed E-state index contributed by atoms with van der Waals surface area (Å²) in [6.45, 7) is 4.53. The van der Waals surface area contributed by atoms with E-state index in [2.05, 4.69) is 21.8 Å². The zero-order valence-electron chi connectivity index (χ0n) is 11.6. The third-order valence-electron chi connectivity index (χ3n) is 4.13. The molecule has 0 radical (unpaired) electrons. The summed E-state index contributed by atoms with van der Waals surface area (Å²) in [5, 5.41) is 3.71. The molecule has 0 aliphatic heterocycles. The monoisotopic (exact) mass is 249 g/mol.